The van der Waals surface area contributed by atoms with E-state index in [4.69, 9.17) is 4.74 Å². The van der Waals surface area contributed by atoms with Crippen LogP contribution in [0.1, 0.15) is 56.9 Å². The summed E-state index contributed by atoms with van der Waals surface area (Å²) in [4.78, 5) is 28.7. The molecule has 1 N–H and O–H groups in total. The van der Waals surface area contributed by atoms with Crippen LogP contribution in [-0.4, -0.2) is 49.6 Å². The number of rotatable bonds is 8. The smallest absolute Gasteiger partial charge is 0.387 e. The van der Waals surface area contributed by atoms with Crippen LogP contribution in [0.4, 0.5) is 8.78 Å². The monoisotopic (exact) mass is 476 g/mol. The molecular weight excluding hydrogens is 442 g/mol. The van der Waals surface area contributed by atoms with Crippen molar-refractivity contribution in [2.45, 2.75) is 70.4 Å². The molecule has 0 radical (unpaired) electrons. The maximum absolute atomic E-state index is 13.8. The van der Waals surface area contributed by atoms with Gasteiger partial charge in [0.25, 0.3) is 0 Å². The maximum atomic E-state index is 13.8. The van der Waals surface area contributed by atoms with Crippen LogP contribution in [0.25, 0.3) is 0 Å². The zero-order valence-corrected chi connectivity index (χ0v) is 19.7. The van der Waals surface area contributed by atoms with Crippen molar-refractivity contribution in [3.63, 3.8) is 0 Å². The van der Waals surface area contributed by atoms with Gasteiger partial charge in [0, 0.05) is 13.1 Å². The Kier molecular flexibility index (Phi) is 6.42. The van der Waals surface area contributed by atoms with E-state index in [1.165, 1.54) is 32.4 Å². The summed E-state index contributed by atoms with van der Waals surface area (Å²) in [5, 5.41) is 2.97. The molecule has 1 aromatic carbocycles. The summed E-state index contributed by atoms with van der Waals surface area (Å²) in [5.41, 5.74) is 0.520. The van der Waals surface area contributed by atoms with Gasteiger partial charge in [-0.3, -0.25) is 9.59 Å². The topological polar surface area (TPSA) is 67.9 Å². The first-order chi connectivity index (χ1) is 16.4. The molecule has 6 nitrogen and oxygen atoms in total. The Balaban J connectivity index is 1.19. The van der Waals surface area contributed by atoms with E-state index >= 15 is 0 Å². The number of amides is 2. The lowest BCUT2D eigenvalue weighted by Gasteiger charge is -2.56. The molecule has 4 saturated carbocycles. The lowest BCUT2D eigenvalue weighted by molar-refractivity contribution is -0.160. The highest BCUT2D eigenvalue weighted by Gasteiger charge is 2.56. The minimum Gasteiger partial charge on any atom is -0.493 e. The zero-order valence-electron chi connectivity index (χ0n) is 19.7. The molecule has 5 aliphatic rings. The van der Waals surface area contributed by atoms with Crippen molar-refractivity contribution >= 4 is 11.8 Å². The third-order valence-corrected chi connectivity index (χ3v) is 8.47. The first-order valence-electron chi connectivity index (χ1n) is 12.6. The Bertz CT molecular complexity index is 902. The zero-order chi connectivity index (χ0) is 23.9. The second-order valence-corrected chi connectivity index (χ2v) is 10.8. The second-order valence-electron chi connectivity index (χ2n) is 10.8. The Morgan fingerprint density at radius 2 is 1.79 bits per heavy atom. The average Bonchev–Trinajstić information content (AvgIpc) is 3.27. The van der Waals surface area contributed by atoms with Gasteiger partial charge < -0.3 is 19.7 Å². The number of likely N-dealkylation sites (tertiary alicyclic amines) is 1. The van der Waals surface area contributed by atoms with Gasteiger partial charge >= 0.3 is 6.61 Å². The van der Waals surface area contributed by atoms with Crippen molar-refractivity contribution in [2.24, 2.45) is 23.2 Å². The molecule has 186 valence electrons. The summed E-state index contributed by atoms with van der Waals surface area (Å²) < 4.78 is 34.9. The number of carbonyl (C=O) groups excluding carboxylic acids is 2. The molecule has 34 heavy (non-hydrogen) atoms. The van der Waals surface area contributed by atoms with E-state index in [1.54, 1.807) is 12.1 Å². The molecule has 1 unspecified atom stereocenters. The van der Waals surface area contributed by atoms with Gasteiger partial charge in [-0.15, -0.1) is 0 Å². The third-order valence-electron chi connectivity index (χ3n) is 8.47. The molecule has 1 saturated heterocycles. The fourth-order valence-electron chi connectivity index (χ4n) is 7.47. The van der Waals surface area contributed by atoms with Crippen LogP contribution < -0.4 is 14.8 Å². The minimum absolute atomic E-state index is 0.0236. The molecule has 1 aromatic rings. The minimum atomic E-state index is -2.94. The largest absolute Gasteiger partial charge is 0.493 e. The lowest BCUT2D eigenvalue weighted by Crippen LogP contribution is -2.57. The standard InChI is InChI=1S/C26H34F2N2O4/c1-33-21-5-4-16(12-22(21)34-25(27)28)6-7-29-23(31)20-3-2-8-30(20)24(32)26-13-17-9-18(14-26)11-19(10-17)15-26/h4-5,12,17-20,25H,2-3,6-11,13-15H2,1H3,(H,29,31). The number of benzene rings is 1. The molecule has 1 aliphatic heterocycles. The van der Waals surface area contributed by atoms with E-state index in [0.29, 0.717) is 43.7 Å². The van der Waals surface area contributed by atoms with Crippen LogP contribution in [-0.2, 0) is 16.0 Å². The average molecular weight is 477 g/mol. The molecule has 4 aliphatic carbocycles. The van der Waals surface area contributed by atoms with Crippen molar-refractivity contribution in [2.75, 3.05) is 20.2 Å². The lowest BCUT2D eigenvalue weighted by atomic mass is 9.49. The fourth-order valence-corrected chi connectivity index (χ4v) is 7.47. The number of nitrogens with one attached hydrogen (secondary N) is 1. The normalized spacial score (nSPS) is 31.7. The summed E-state index contributed by atoms with van der Waals surface area (Å²) in [7, 11) is 1.39. The number of carbonyl (C=O) groups is 2. The predicted molar refractivity (Wildman–Crippen MR) is 122 cm³/mol. The van der Waals surface area contributed by atoms with Crippen LogP contribution >= 0.6 is 0 Å². The van der Waals surface area contributed by atoms with Gasteiger partial charge in [0.2, 0.25) is 11.8 Å². The summed E-state index contributed by atoms with van der Waals surface area (Å²) in [6.45, 7) is -1.93. The third kappa shape index (κ3) is 4.48. The molecule has 0 spiro atoms. The van der Waals surface area contributed by atoms with Crippen LogP contribution in [0, 0.1) is 23.2 Å². The van der Waals surface area contributed by atoms with Crippen LogP contribution in [0.15, 0.2) is 18.2 Å². The number of nitrogens with zero attached hydrogens (tertiary/aromatic N) is 1. The Hall–Kier alpha value is -2.38. The van der Waals surface area contributed by atoms with Crippen molar-refractivity contribution in [1.29, 1.82) is 0 Å². The molecule has 2 amide bonds. The van der Waals surface area contributed by atoms with Gasteiger partial charge in [-0.25, -0.2) is 0 Å². The molecule has 0 aromatic heterocycles. The quantitative estimate of drug-likeness (QED) is 0.612. The number of methoxy groups -OCH3 is 1. The Morgan fingerprint density at radius 3 is 2.41 bits per heavy atom. The highest BCUT2D eigenvalue weighted by molar-refractivity contribution is 5.91. The van der Waals surface area contributed by atoms with Crippen LogP contribution in [0.5, 0.6) is 11.5 Å². The van der Waals surface area contributed by atoms with Gasteiger partial charge in [-0.2, -0.15) is 8.78 Å². The Morgan fingerprint density at radius 1 is 1.12 bits per heavy atom. The van der Waals surface area contributed by atoms with Gasteiger partial charge in [0.05, 0.1) is 12.5 Å². The number of ether oxygens (including phenoxy) is 2. The van der Waals surface area contributed by atoms with Crippen molar-refractivity contribution in [3.8, 4) is 11.5 Å². The van der Waals surface area contributed by atoms with Gasteiger partial charge in [0.15, 0.2) is 11.5 Å². The highest BCUT2D eigenvalue weighted by atomic mass is 19.3. The molecule has 1 atom stereocenters. The maximum Gasteiger partial charge on any atom is 0.387 e. The molecule has 8 heteroatoms. The molecule has 1 heterocycles. The number of hydrogen-bond acceptors (Lipinski definition) is 4. The Labute approximate surface area is 199 Å². The first-order valence-corrected chi connectivity index (χ1v) is 12.6. The van der Waals surface area contributed by atoms with Gasteiger partial charge in [-0.1, -0.05) is 6.07 Å². The fraction of sp³-hybridized carbons (Fsp3) is 0.692. The summed E-state index contributed by atoms with van der Waals surface area (Å²) in [6.07, 6.45) is 8.87. The van der Waals surface area contributed by atoms with Crippen LogP contribution in [0.2, 0.25) is 0 Å². The summed E-state index contributed by atoms with van der Waals surface area (Å²) >= 11 is 0. The highest BCUT2D eigenvalue weighted by Crippen LogP contribution is 2.60. The van der Waals surface area contributed by atoms with E-state index in [1.807, 2.05) is 4.90 Å². The first kappa shape index (κ1) is 23.4. The van der Waals surface area contributed by atoms with E-state index < -0.39 is 12.7 Å². The van der Waals surface area contributed by atoms with Crippen molar-refractivity contribution in [1.82, 2.24) is 10.2 Å². The van der Waals surface area contributed by atoms with Crippen LogP contribution in [0.3, 0.4) is 0 Å². The van der Waals surface area contributed by atoms with E-state index in [-0.39, 0.29) is 28.7 Å². The molecule has 5 fully saturated rings. The predicted octanol–water partition coefficient (Wildman–Crippen LogP) is 4.16. The van der Waals surface area contributed by atoms with E-state index in [2.05, 4.69) is 10.1 Å². The van der Waals surface area contributed by atoms with E-state index in [0.717, 1.165) is 31.2 Å². The summed E-state index contributed by atoms with van der Waals surface area (Å²) in [5.74, 6) is 2.37. The molecule has 6 rings (SSSR count). The van der Waals surface area contributed by atoms with Crippen molar-refractivity contribution in [3.05, 3.63) is 23.8 Å². The van der Waals surface area contributed by atoms with Gasteiger partial charge in [0.1, 0.15) is 6.04 Å². The molecule has 4 bridgehead atoms. The molecular formula is C26H34F2N2O4. The van der Waals surface area contributed by atoms with Gasteiger partial charge in [-0.05, 0) is 93.2 Å². The second kappa shape index (κ2) is 9.34. The SMILES string of the molecule is COc1ccc(CCNC(=O)C2CCCN2C(=O)C23CC4CC(CC(C4)C2)C3)cc1OC(F)F. The number of halogens is 2. The number of hydrogen-bond donors (Lipinski definition) is 1. The summed E-state index contributed by atoms with van der Waals surface area (Å²) in [6, 6.07) is 4.45. The van der Waals surface area contributed by atoms with Crippen molar-refractivity contribution < 1.29 is 27.8 Å². The number of alkyl halides is 2. The van der Waals surface area contributed by atoms with E-state index in [9.17, 15) is 18.4 Å².